The van der Waals surface area contributed by atoms with Gasteiger partial charge in [-0.05, 0) is 62.2 Å². The van der Waals surface area contributed by atoms with Crippen molar-refractivity contribution in [2.75, 3.05) is 7.11 Å². The first-order valence-electron chi connectivity index (χ1n) is 4.96. The van der Waals surface area contributed by atoms with Crippen LogP contribution in [0.2, 0.25) is 0 Å². The summed E-state index contributed by atoms with van der Waals surface area (Å²) in [5.41, 5.74) is 0. The summed E-state index contributed by atoms with van der Waals surface area (Å²) in [5.74, 6) is 0.855. The lowest BCUT2D eigenvalue weighted by atomic mass is 10.3. The maximum atomic E-state index is 5.18. The van der Waals surface area contributed by atoms with E-state index in [0.717, 1.165) is 19.6 Å². The maximum absolute atomic E-state index is 5.18. The van der Waals surface area contributed by atoms with E-state index in [1.165, 1.54) is 4.90 Å². The fraction of sp³-hybridized carbons (Fsp3) is 0.0769. The lowest BCUT2D eigenvalue weighted by Gasteiger charge is -2.07. The second-order valence-corrected chi connectivity index (χ2v) is 6.12. The van der Waals surface area contributed by atoms with Crippen molar-refractivity contribution in [1.29, 1.82) is 0 Å². The quantitative estimate of drug-likeness (QED) is 0.715. The van der Waals surface area contributed by atoms with Gasteiger partial charge in [-0.25, -0.2) is 0 Å². The Morgan fingerprint density at radius 2 is 1.65 bits per heavy atom. The molecule has 0 amide bonds. The molecule has 0 bridgehead atoms. The van der Waals surface area contributed by atoms with Gasteiger partial charge in [0.2, 0.25) is 0 Å². The fourth-order valence-corrected chi connectivity index (χ4v) is 3.31. The number of halogens is 2. The van der Waals surface area contributed by atoms with E-state index in [0.29, 0.717) is 0 Å². The molecule has 0 spiro atoms. The van der Waals surface area contributed by atoms with E-state index in [9.17, 15) is 0 Å². The predicted octanol–water partition coefficient (Wildman–Crippen LogP) is 5.37. The monoisotopic (exact) mass is 372 g/mol. The highest BCUT2D eigenvalue weighted by Crippen LogP contribution is 2.38. The Morgan fingerprint density at radius 3 is 2.29 bits per heavy atom. The van der Waals surface area contributed by atoms with Gasteiger partial charge in [-0.1, -0.05) is 23.9 Å². The molecule has 0 radical (unpaired) electrons. The Labute approximate surface area is 122 Å². The molecule has 0 atom stereocenters. The molecule has 0 aliphatic rings. The first kappa shape index (κ1) is 13.0. The lowest BCUT2D eigenvalue weighted by Crippen LogP contribution is -1.83. The first-order chi connectivity index (χ1) is 8.20. The fourth-order valence-electron chi connectivity index (χ4n) is 1.34. The zero-order valence-electron chi connectivity index (χ0n) is 9.11. The van der Waals surface area contributed by atoms with E-state index in [4.69, 9.17) is 4.74 Å². The highest BCUT2D eigenvalue weighted by atomic mass is 79.9. The second kappa shape index (κ2) is 5.94. The van der Waals surface area contributed by atoms with Crippen molar-refractivity contribution in [1.82, 2.24) is 0 Å². The van der Waals surface area contributed by atoms with Crippen LogP contribution in [0.5, 0.6) is 5.75 Å². The molecule has 2 rings (SSSR count). The molecular weight excluding hydrogens is 364 g/mol. The highest BCUT2D eigenvalue weighted by molar-refractivity contribution is 9.11. The summed E-state index contributed by atoms with van der Waals surface area (Å²) < 4.78 is 7.32. The molecular formula is C13H10Br2OS. The number of methoxy groups -OCH3 is 1. The minimum atomic E-state index is 0.855. The third-order valence-electron chi connectivity index (χ3n) is 2.20. The molecule has 2 aromatic carbocycles. The summed E-state index contributed by atoms with van der Waals surface area (Å²) in [7, 11) is 1.67. The van der Waals surface area contributed by atoms with Crippen LogP contribution in [0.4, 0.5) is 0 Å². The van der Waals surface area contributed by atoms with Crippen LogP contribution in [-0.2, 0) is 0 Å². The maximum Gasteiger partial charge on any atom is 0.120 e. The summed E-state index contributed by atoms with van der Waals surface area (Å²) in [5, 5.41) is 0. The van der Waals surface area contributed by atoms with Crippen LogP contribution in [0.1, 0.15) is 0 Å². The van der Waals surface area contributed by atoms with Gasteiger partial charge < -0.3 is 4.74 Å². The van der Waals surface area contributed by atoms with Crippen LogP contribution >= 0.6 is 43.6 Å². The molecule has 0 aliphatic carbocycles. The molecule has 0 saturated carbocycles. The normalized spacial score (nSPS) is 10.3. The number of hydrogen-bond donors (Lipinski definition) is 0. The van der Waals surface area contributed by atoms with Gasteiger partial charge in [-0.3, -0.25) is 0 Å². The minimum absolute atomic E-state index is 0.855. The minimum Gasteiger partial charge on any atom is -0.497 e. The third kappa shape index (κ3) is 3.27. The molecule has 1 nitrogen and oxygen atoms in total. The Kier molecular flexibility index (Phi) is 4.54. The predicted molar refractivity (Wildman–Crippen MR) is 79.0 cm³/mol. The third-order valence-corrected chi connectivity index (χ3v) is 5.22. The summed E-state index contributed by atoms with van der Waals surface area (Å²) in [6, 6.07) is 14.2. The molecule has 17 heavy (non-hydrogen) atoms. The molecule has 0 heterocycles. The van der Waals surface area contributed by atoms with Crippen molar-refractivity contribution >= 4 is 43.6 Å². The smallest absolute Gasteiger partial charge is 0.120 e. The van der Waals surface area contributed by atoms with Gasteiger partial charge in [-0.15, -0.1) is 0 Å². The van der Waals surface area contributed by atoms with E-state index in [-0.39, 0.29) is 0 Å². The van der Waals surface area contributed by atoms with Crippen molar-refractivity contribution in [3.63, 3.8) is 0 Å². The molecule has 88 valence electrons. The summed E-state index contributed by atoms with van der Waals surface area (Å²) in [6.45, 7) is 0. The van der Waals surface area contributed by atoms with E-state index in [2.05, 4.69) is 37.9 Å². The van der Waals surface area contributed by atoms with Crippen molar-refractivity contribution in [3.05, 3.63) is 51.4 Å². The largest absolute Gasteiger partial charge is 0.497 e. The zero-order valence-corrected chi connectivity index (χ0v) is 13.1. The Balaban J connectivity index is 2.28. The van der Waals surface area contributed by atoms with Crippen molar-refractivity contribution in [2.24, 2.45) is 0 Å². The van der Waals surface area contributed by atoms with Crippen LogP contribution in [-0.4, -0.2) is 7.11 Å². The molecule has 0 aliphatic heterocycles. The standard InChI is InChI=1S/C13H10Br2OS/c1-16-9-6-7-13(11(15)8-9)17-12-5-3-2-4-10(12)14/h2-8H,1H3. The molecule has 0 fully saturated rings. The summed E-state index contributed by atoms with van der Waals surface area (Å²) in [6.07, 6.45) is 0. The Bertz CT molecular complexity index is 529. The van der Waals surface area contributed by atoms with Crippen molar-refractivity contribution < 1.29 is 4.74 Å². The molecule has 0 unspecified atom stereocenters. The summed E-state index contributed by atoms with van der Waals surface area (Å²) in [4.78, 5) is 2.36. The SMILES string of the molecule is COc1ccc(Sc2ccccc2Br)c(Br)c1. The molecule has 2 aromatic rings. The first-order valence-corrected chi connectivity index (χ1v) is 7.37. The number of ether oxygens (including phenoxy) is 1. The van der Waals surface area contributed by atoms with Crippen LogP contribution in [0, 0.1) is 0 Å². The van der Waals surface area contributed by atoms with Gasteiger partial charge in [0.25, 0.3) is 0 Å². The number of rotatable bonds is 3. The topological polar surface area (TPSA) is 9.23 Å². The van der Waals surface area contributed by atoms with Crippen LogP contribution < -0.4 is 4.74 Å². The average Bonchev–Trinajstić information content (AvgIpc) is 2.34. The van der Waals surface area contributed by atoms with Crippen LogP contribution in [0.25, 0.3) is 0 Å². The van der Waals surface area contributed by atoms with Crippen molar-refractivity contribution in [3.8, 4) is 5.75 Å². The average molecular weight is 374 g/mol. The van der Waals surface area contributed by atoms with Gasteiger partial charge in [0, 0.05) is 18.7 Å². The Morgan fingerprint density at radius 1 is 0.941 bits per heavy atom. The van der Waals surface area contributed by atoms with Crippen LogP contribution in [0.15, 0.2) is 61.2 Å². The molecule has 4 heteroatoms. The molecule has 0 saturated heterocycles. The summed E-state index contributed by atoms with van der Waals surface area (Å²) >= 11 is 8.81. The highest BCUT2D eigenvalue weighted by Gasteiger charge is 2.06. The van der Waals surface area contributed by atoms with Gasteiger partial charge in [0.05, 0.1) is 7.11 Å². The van der Waals surface area contributed by atoms with Gasteiger partial charge >= 0.3 is 0 Å². The molecule has 0 N–H and O–H groups in total. The van der Waals surface area contributed by atoms with E-state index < -0.39 is 0 Å². The van der Waals surface area contributed by atoms with E-state index in [1.54, 1.807) is 18.9 Å². The second-order valence-electron chi connectivity index (χ2n) is 3.33. The zero-order chi connectivity index (χ0) is 12.3. The van der Waals surface area contributed by atoms with Gasteiger partial charge in [-0.2, -0.15) is 0 Å². The Hall–Kier alpha value is -0.450. The molecule has 0 aromatic heterocycles. The number of hydrogen-bond acceptors (Lipinski definition) is 2. The van der Waals surface area contributed by atoms with Crippen molar-refractivity contribution in [2.45, 2.75) is 9.79 Å². The van der Waals surface area contributed by atoms with Gasteiger partial charge in [0.1, 0.15) is 5.75 Å². The van der Waals surface area contributed by atoms with E-state index in [1.807, 2.05) is 36.4 Å². The van der Waals surface area contributed by atoms with E-state index >= 15 is 0 Å². The van der Waals surface area contributed by atoms with Gasteiger partial charge in [0.15, 0.2) is 0 Å². The lowest BCUT2D eigenvalue weighted by molar-refractivity contribution is 0.414. The van der Waals surface area contributed by atoms with Crippen LogP contribution in [0.3, 0.4) is 0 Å². The number of benzene rings is 2.